The summed E-state index contributed by atoms with van der Waals surface area (Å²) in [6, 6.07) is -1.24. The van der Waals surface area contributed by atoms with Crippen molar-refractivity contribution in [2.75, 3.05) is 5.75 Å². The lowest BCUT2D eigenvalue weighted by Crippen LogP contribution is -2.52. The molecular formula is C16H27NO6S3. The average molecular weight is 426 g/mol. The van der Waals surface area contributed by atoms with E-state index in [1.807, 2.05) is 21.6 Å². The third-order valence-corrected chi connectivity index (χ3v) is 6.94. The van der Waals surface area contributed by atoms with E-state index in [0.717, 1.165) is 19.3 Å². The molecule has 0 aromatic rings. The molecule has 150 valence electrons. The lowest BCUT2D eigenvalue weighted by Gasteiger charge is -2.27. The average Bonchev–Trinajstić information content (AvgIpc) is 3.01. The number of carboxylic acids is 1. The normalized spacial score (nSPS) is 19.5. The van der Waals surface area contributed by atoms with Crippen molar-refractivity contribution in [2.45, 2.75) is 75.2 Å². The van der Waals surface area contributed by atoms with E-state index >= 15 is 0 Å². The molecule has 0 saturated carbocycles. The molecule has 0 bridgehead atoms. The lowest BCUT2D eigenvalue weighted by molar-refractivity contribution is -0.165. The topological polar surface area (TPSA) is 102 Å². The molecule has 1 unspecified atom stereocenters. The van der Waals surface area contributed by atoms with E-state index in [2.05, 4.69) is 17.9 Å². The Morgan fingerprint density at radius 1 is 1.31 bits per heavy atom. The molecule has 3 atom stereocenters. The molecule has 0 radical (unpaired) electrons. The van der Waals surface area contributed by atoms with E-state index in [0.29, 0.717) is 5.25 Å². The molecule has 1 fully saturated rings. The molecule has 1 heterocycles. The summed E-state index contributed by atoms with van der Waals surface area (Å²) in [4.78, 5) is 34.7. The zero-order valence-electron chi connectivity index (χ0n) is 15.2. The SMILES string of the molecule is CC(OC(=O)CCCC[C@@H]1CCSS1)OC(=O)N[C@@H](C(=O)O)C(C)(C)S. The van der Waals surface area contributed by atoms with Gasteiger partial charge in [0.25, 0.3) is 0 Å². The summed E-state index contributed by atoms with van der Waals surface area (Å²) in [6.07, 6.45) is 2.20. The van der Waals surface area contributed by atoms with Crippen molar-refractivity contribution < 1.29 is 29.0 Å². The maximum atomic E-state index is 11.8. The van der Waals surface area contributed by atoms with Gasteiger partial charge in [0.1, 0.15) is 6.04 Å². The second-order valence-corrected chi connectivity index (χ2v) is 10.5. The number of aliphatic carboxylic acids is 1. The second-order valence-electron chi connectivity index (χ2n) is 6.61. The minimum absolute atomic E-state index is 0.265. The molecule has 0 aliphatic carbocycles. The molecule has 1 rings (SSSR count). The number of carbonyl (C=O) groups is 3. The van der Waals surface area contributed by atoms with Crippen LogP contribution in [0.5, 0.6) is 0 Å². The van der Waals surface area contributed by atoms with Crippen LogP contribution in [0.4, 0.5) is 4.79 Å². The lowest BCUT2D eigenvalue weighted by atomic mass is 10.0. The largest absolute Gasteiger partial charge is 0.480 e. The number of alkyl carbamates (subject to hydrolysis) is 1. The van der Waals surface area contributed by atoms with Crippen molar-refractivity contribution in [2.24, 2.45) is 0 Å². The number of rotatable bonds is 10. The van der Waals surface area contributed by atoms with Crippen molar-refractivity contribution in [1.82, 2.24) is 5.32 Å². The van der Waals surface area contributed by atoms with Crippen LogP contribution in [0.15, 0.2) is 0 Å². The Morgan fingerprint density at radius 3 is 2.54 bits per heavy atom. The number of carbonyl (C=O) groups excluding carboxylic acids is 2. The van der Waals surface area contributed by atoms with Gasteiger partial charge >= 0.3 is 18.0 Å². The molecule has 0 aromatic heterocycles. The van der Waals surface area contributed by atoms with Crippen LogP contribution in [0, 0.1) is 0 Å². The fourth-order valence-electron chi connectivity index (χ4n) is 2.32. The van der Waals surface area contributed by atoms with Crippen LogP contribution in [-0.2, 0) is 19.1 Å². The van der Waals surface area contributed by atoms with Crippen LogP contribution in [0.1, 0.15) is 52.9 Å². The number of thiol groups is 1. The van der Waals surface area contributed by atoms with E-state index in [1.165, 1.54) is 19.1 Å². The third-order valence-electron chi connectivity index (χ3n) is 3.67. The molecule has 0 spiro atoms. The first-order chi connectivity index (χ1) is 12.1. The predicted molar refractivity (Wildman–Crippen MR) is 107 cm³/mol. The van der Waals surface area contributed by atoms with Crippen LogP contribution in [0.25, 0.3) is 0 Å². The first-order valence-corrected chi connectivity index (χ1v) is 11.3. The highest BCUT2D eigenvalue weighted by molar-refractivity contribution is 8.77. The minimum Gasteiger partial charge on any atom is -0.480 e. The molecule has 0 aromatic carbocycles. The second kappa shape index (κ2) is 11.2. The van der Waals surface area contributed by atoms with Gasteiger partial charge in [-0.05, 0) is 33.1 Å². The number of nitrogens with one attached hydrogen (secondary N) is 1. The Hall–Kier alpha value is -0.740. The van der Waals surface area contributed by atoms with Crippen LogP contribution in [-0.4, -0.2) is 51.2 Å². The third kappa shape index (κ3) is 9.27. The Bertz CT molecular complexity index is 491. The number of unbranched alkanes of at least 4 members (excludes halogenated alkanes) is 1. The van der Waals surface area contributed by atoms with Gasteiger partial charge in [0.05, 0.1) is 0 Å². The van der Waals surface area contributed by atoms with Gasteiger partial charge in [-0.25, -0.2) is 9.59 Å². The van der Waals surface area contributed by atoms with E-state index < -0.39 is 35.1 Å². The smallest absolute Gasteiger partial charge is 0.410 e. The molecule has 1 aliphatic rings. The first kappa shape index (κ1) is 23.3. The summed E-state index contributed by atoms with van der Waals surface area (Å²) >= 11 is 4.15. The van der Waals surface area contributed by atoms with Crippen molar-refractivity contribution in [3.05, 3.63) is 0 Å². The van der Waals surface area contributed by atoms with E-state index in [-0.39, 0.29) is 6.42 Å². The standard InChI is InChI=1S/C16H27NO6S3/c1-10(23-15(21)17-13(14(19)20)16(2,3)24)22-12(18)7-5-4-6-11-8-9-25-26-11/h10-11,13,24H,4-9H2,1-3H3,(H,17,21)(H,19,20)/t10?,11-,13+/m1/s1. The number of carboxylic acid groups (broad SMARTS) is 1. The monoisotopic (exact) mass is 425 g/mol. The Balaban J connectivity index is 2.24. The van der Waals surface area contributed by atoms with Gasteiger partial charge in [-0.2, -0.15) is 12.6 Å². The Labute approximate surface area is 167 Å². The maximum absolute atomic E-state index is 11.8. The van der Waals surface area contributed by atoms with E-state index in [1.54, 1.807) is 13.8 Å². The Morgan fingerprint density at radius 2 is 2.00 bits per heavy atom. The summed E-state index contributed by atoms with van der Waals surface area (Å²) in [5.74, 6) is -0.477. The van der Waals surface area contributed by atoms with Gasteiger partial charge in [-0.3, -0.25) is 4.79 Å². The summed E-state index contributed by atoms with van der Waals surface area (Å²) in [5.41, 5.74) is 0. The molecule has 10 heteroatoms. The van der Waals surface area contributed by atoms with Gasteiger partial charge in [-0.15, -0.1) is 0 Å². The highest BCUT2D eigenvalue weighted by atomic mass is 33.1. The minimum atomic E-state index is -1.24. The van der Waals surface area contributed by atoms with E-state index in [4.69, 9.17) is 14.6 Å². The molecule has 1 aliphatic heterocycles. The van der Waals surface area contributed by atoms with E-state index in [9.17, 15) is 14.4 Å². The first-order valence-electron chi connectivity index (χ1n) is 8.49. The predicted octanol–water partition coefficient (Wildman–Crippen LogP) is 3.48. The molecule has 2 N–H and O–H groups in total. The molecular weight excluding hydrogens is 398 g/mol. The highest BCUT2D eigenvalue weighted by Crippen LogP contribution is 2.39. The van der Waals surface area contributed by atoms with Gasteiger partial charge < -0.3 is 19.9 Å². The summed E-state index contributed by atoms with van der Waals surface area (Å²) < 4.78 is 8.93. The number of esters is 1. The van der Waals surface area contributed by atoms with Gasteiger partial charge in [-0.1, -0.05) is 28.0 Å². The van der Waals surface area contributed by atoms with Crippen LogP contribution in [0.2, 0.25) is 0 Å². The zero-order chi connectivity index (χ0) is 19.7. The van der Waals surface area contributed by atoms with Crippen molar-refractivity contribution in [1.29, 1.82) is 0 Å². The fourth-order valence-corrected chi connectivity index (χ4v) is 5.52. The molecule has 1 amide bonds. The quantitative estimate of drug-likeness (QED) is 0.161. The van der Waals surface area contributed by atoms with Crippen molar-refractivity contribution in [3.63, 3.8) is 0 Å². The molecule has 1 saturated heterocycles. The molecule has 7 nitrogen and oxygen atoms in total. The number of ether oxygens (including phenoxy) is 2. The number of amides is 1. The van der Waals surface area contributed by atoms with Gasteiger partial charge in [0.2, 0.25) is 6.29 Å². The summed E-state index contributed by atoms with van der Waals surface area (Å²) in [7, 11) is 3.81. The fraction of sp³-hybridized carbons (Fsp3) is 0.812. The molecule has 26 heavy (non-hydrogen) atoms. The number of hydrogen-bond donors (Lipinski definition) is 3. The van der Waals surface area contributed by atoms with Gasteiger partial charge in [0.15, 0.2) is 0 Å². The summed E-state index contributed by atoms with van der Waals surface area (Å²) in [5, 5.41) is 12.0. The van der Waals surface area contributed by atoms with Crippen LogP contribution < -0.4 is 5.32 Å². The van der Waals surface area contributed by atoms with Crippen LogP contribution in [0.3, 0.4) is 0 Å². The van der Waals surface area contributed by atoms with Crippen molar-refractivity contribution in [3.8, 4) is 0 Å². The number of hydrogen-bond acceptors (Lipinski definition) is 8. The maximum Gasteiger partial charge on any atom is 0.410 e. The summed E-state index contributed by atoms with van der Waals surface area (Å²) in [6.45, 7) is 4.52. The highest BCUT2D eigenvalue weighted by Gasteiger charge is 2.34. The zero-order valence-corrected chi connectivity index (χ0v) is 17.8. The Kier molecular flexibility index (Phi) is 10.0. The van der Waals surface area contributed by atoms with Crippen LogP contribution >= 0.6 is 34.2 Å². The van der Waals surface area contributed by atoms with Gasteiger partial charge in [0, 0.05) is 29.1 Å². The van der Waals surface area contributed by atoms with Crippen molar-refractivity contribution >= 4 is 52.2 Å².